The molecule has 1 rings (SSSR count). The maximum Gasteiger partial charge on any atom is 0.132 e. The van der Waals surface area contributed by atoms with Crippen LogP contribution in [0.1, 0.15) is 16.7 Å². The molecule has 0 atom stereocenters. The van der Waals surface area contributed by atoms with E-state index in [9.17, 15) is 4.39 Å². The van der Waals surface area contributed by atoms with E-state index in [1.807, 2.05) is 6.92 Å². The molecule has 0 saturated carbocycles. The van der Waals surface area contributed by atoms with Gasteiger partial charge in [0.25, 0.3) is 0 Å². The molecule has 0 radical (unpaired) electrons. The molecule has 66 valence electrons. The molecular weight excluding hydrogens is 155 g/mol. The van der Waals surface area contributed by atoms with E-state index >= 15 is 0 Å². The van der Waals surface area contributed by atoms with Crippen LogP contribution in [0, 0.1) is 26.6 Å². The fourth-order valence-corrected chi connectivity index (χ4v) is 1.46. The minimum atomic E-state index is -0.169. The second-order valence-electron chi connectivity index (χ2n) is 2.98. The predicted octanol–water partition coefficient (Wildman–Crippen LogP) is 2.76. The first-order chi connectivity index (χ1) is 5.57. The molecule has 1 nitrogen and oxygen atoms in total. The van der Waals surface area contributed by atoms with Gasteiger partial charge in [-0.2, -0.15) is 0 Å². The van der Waals surface area contributed by atoms with Crippen molar-refractivity contribution in [2.45, 2.75) is 20.8 Å². The number of benzene rings is 1. The lowest BCUT2D eigenvalue weighted by Gasteiger charge is -2.10. The molecule has 0 N–H and O–H groups in total. The summed E-state index contributed by atoms with van der Waals surface area (Å²) in [6.45, 7) is 5.40. The van der Waals surface area contributed by atoms with Gasteiger partial charge < -0.3 is 4.74 Å². The molecule has 2 heteroatoms. The van der Waals surface area contributed by atoms with Crippen molar-refractivity contribution < 1.29 is 9.13 Å². The fourth-order valence-electron chi connectivity index (χ4n) is 1.46. The van der Waals surface area contributed by atoms with E-state index in [2.05, 4.69) is 0 Å². The number of aryl methyl sites for hydroxylation is 2. The van der Waals surface area contributed by atoms with E-state index in [0.29, 0.717) is 16.9 Å². The third-order valence-electron chi connectivity index (χ3n) is 2.01. The van der Waals surface area contributed by atoms with Crippen molar-refractivity contribution in [2.75, 3.05) is 7.11 Å². The highest BCUT2D eigenvalue weighted by Crippen LogP contribution is 2.27. The number of rotatable bonds is 1. The highest BCUT2D eigenvalue weighted by molar-refractivity contribution is 5.43. The molecule has 0 aromatic heterocycles. The number of hydrogen-bond acceptors (Lipinski definition) is 1. The largest absolute Gasteiger partial charge is 0.496 e. The molecule has 0 heterocycles. The summed E-state index contributed by atoms with van der Waals surface area (Å²) in [5.41, 5.74) is 2.25. The van der Waals surface area contributed by atoms with Crippen LogP contribution in [0.25, 0.3) is 0 Å². The average Bonchev–Trinajstić information content (AvgIpc) is 2.01. The summed E-state index contributed by atoms with van der Waals surface area (Å²) in [5.74, 6) is 0.482. The summed E-state index contributed by atoms with van der Waals surface area (Å²) < 4.78 is 18.3. The molecule has 0 fully saturated rings. The smallest absolute Gasteiger partial charge is 0.132 e. The van der Waals surface area contributed by atoms with Crippen LogP contribution < -0.4 is 4.74 Å². The first-order valence-corrected chi connectivity index (χ1v) is 3.88. The Bertz CT molecular complexity index is 305. The van der Waals surface area contributed by atoms with E-state index in [-0.39, 0.29) is 5.82 Å². The van der Waals surface area contributed by atoms with E-state index in [0.717, 1.165) is 5.56 Å². The van der Waals surface area contributed by atoms with Gasteiger partial charge in [-0.25, -0.2) is 4.39 Å². The van der Waals surface area contributed by atoms with Crippen molar-refractivity contribution in [3.05, 3.63) is 28.6 Å². The minimum Gasteiger partial charge on any atom is -0.496 e. The van der Waals surface area contributed by atoms with Crippen molar-refractivity contribution in [2.24, 2.45) is 0 Å². The van der Waals surface area contributed by atoms with Gasteiger partial charge in [0.15, 0.2) is 0 Å². The van der Waals surface area contributed by atoms with Crippen LogP contribution in [0.2, 0.25) is 0 Å². The van der Waals surface area contributed by atoms with Gasteiger partial charge in [0, 0.05) is 5.56 Å². The van der Waals surface area contributed by atoms with Gasteiger partial charge in [-0.1, -0.05) is 0 Å². The van der Waals surface area contributed by atoms with E-state index in [1.54, 1.807) is 27.0 Å². The molecule has 1 aromatic carbocycles. The van der Waals surface area contributed by atoms with Crippen molar-refractivity contribution in [3.63, 3.8) is 0 Å². The molecule has 1 aromatic rings. The number of hydrogen-bond donors (Lipinski definition) is 0. The molecular formula is C10H13FO. The van der Waals surface area contributed by atoms with Gasteiger partial charge >= 0.3 is 0 Å². The van der Waals surface area contributed by atoms with Gasteiger partial charge in [0.05, 0.1) is 7.11 Å². The second kappa shape index (κ2) is 3.13. The highest BCUT2D eigenvalue weighted by atomic mass is 19.1. The Labute approximate surface area is 72.2 Å². The zero-order valence-corrected chi connectivity index (χ0v) is 7.86. The lowest BCUT2D eigenvalue weighted by atomic mass is 10.1. The molecule has 0 spiro atoms. The third kappa shape index (κ3) is 1.29. The third-order valence-corrected chi connectivity index (χ3v) is 2.01. The normalized spacial score (nSPS) is 10.1. The Morgan fingerprint density at radius 1 is 1.17 bits per heavy atom. The Hall–Kier alpha value is -1.05. The number of methoxy groups -OCH3 is 1. The van der Waals surface area contributed by atoms with Crippen molar-refractivity contribution in [3.8, 4) is 5.75 Å². The maximum atomic E-state index is 13.3. The summed E-state index contributed by atoms with van der Waals surface area (Å²) in [7, 11) is 1.56. The predicted molar refractivity (Wildman–Crippen MR) is 47.2 cm³/mol. The van der Waals surface area contributed by atoms with Crippen LogP contribution >= 0.6 is 0 Å². The van der Waals surface area contributed by atoms with Crippen LogP contribution in [0.15, 0.2) is 6.07 Å². The molecule has 0 aliphatic carbocycles. The van der Waals surface area contributed by atoms with Crippen molar-refractivity contribution in [1.82, 2.24) is 0 Å². The minimum absolute atomic E-state index is 0.169. The summed E-state index contributed by atoms with van der Waals surface area (Å²) in [4.78, 5) is 0. The zero-order chi connectivity index (χ0) is 9.30. The van der Waals surface area contributed by atoms with Gasteiger partial charge in [0.2, 0.25) is 0 Å². The number of ether oxygens (including phenoxy) is 1. The summed E-state index contributed by atoms with van der Waals surface area (Å²) in [6, 6.07) is 1.79. The average molecular weight is 168 g/mol. The molecule has 0 unspecified atom stereocenters. The van der Waals surface area contributed by atoms with Crippen LogP contribution in [0.4, 0.5) is 4.39 Å². The molecule has 0 bridgehead atoms. The summed E-state index contributed by atoms with van der Waals surface area (Å²) >= 11 is 0. The Morgan fingerprint density at radius 3 is 2.25 bits per heavy atom. The Morgan fingerprint density at radius 2 is 1.75 bits per heavy atom. The lowest BCUT2D eigenvalue weighted by Crippen LogP contribution is -1.96. The van der Waals surface area contributed by atoms with Gasteiger partial charge in [-0.3, -0.25) is 0 Å². The van der Waals surface area contributed by atoms with Crippen molar-refractivity contribution in [1.29, 1.82) is 0 Å². The SMILES string of the molecule is COc1c(C)cc(C)c(F)c1C. The topological polar surface area (TPSA) is 9.23 Å². The van der Waals surface area contributed by atoms with E-state index in [1.165, 1.54) is 0 Å². The Kier molecular flexibility index (Phi) is 2.36. The summed E-state index contributed by atoms with van der Waals surface area (Å²) in [6.07, 6.45) is 0. The molecule has 0 aliphatic heterocycles. The monoisotopic (exact) mass is 168 g/mol. The van der Waals surface area contributed by atoms with Gasteiger partial charge in [0.1, 0.15) is 11.6 Å². The van der Waals surface area contributed by atoms with Crippen molar-refractivity contribution >= 4 is 0 Å². The molecule has 0 aliphatic rings. The van der Waals surface area contributed by atoms with Gasteiger partial charge in [-0.05, 0) is 38.0 Å². The van der Waals surface area contributed by atoms with Crippen LogP contribution in [-0.2, 0) is 0 Å². The standard InChI is InChI=1S/C10H13FO/c1-6-5-7(2)10(12-4)8(3)9(6)11/h5H,1-4H3. The van der Waals surface area contributed by atoms with Crippen LogP contribution in [-0.4, -0.2) is 7.11 Å². The highest BCUT2D eigenvalue weighted by Gasteiger charge is 2.10. The maximum absolute atomic E-state index is 13.3. The van der Waals surface area contributed by atoms with Crippen LogP contribution in [0.3, 0.4) is 0 Å². The fraction of sp³-hybridized carbons (Fsp3) is 0.400. The van der Waals surface area contributed by atoms with E-state index in [4.69, 9.17) is 4.74 Å². The lowest BCUT2D eigenvalue weighted by molar-refractivity contribution is 0.403. The first-order valence-electron chi connectivity index (χ1n) is 3.88. The quantitative estimate of drug-likeness (QED) is 0.626. The molecule has 12 heavy (non-hydrogen) atoms. The van der Waals surface area contributed by atoms with Crippen LogP contribution in [0.5, 0.6) is 5.75 Å². The van der Waals surface area contributed by atoms with Gasteiger partial charge in [-0.15, -0.1) is 0 Å². The molecule has 0 amide bonds. The molecule has 0 saturated heterocycles. The summed E-state index contributed by atoms with van der Waals surface area (Å²) in [5, 5.41) is 0. The number of halogens is 1. The van der Waals surface area contributed by atoms with E-state index < -0.39 is 0 Å². The first kappa shape index (κ1) is 9.04. The Balaban J connectivity index is 3.40. The second-order valence-corrected chi connectivity index (χ2v) is 2.98. The zero-order valence-electron chi connectivity index (χ0n) is 7.86.